The molecule has 0 atom stereocenters. The number of hydrogen-bond acceptors (Lipinski definition) is 8. The third-order valence-electron chi connectivity index (χ3n) is 8.52. The number of piperazine rings is 1. The lowest BCUT2D eigenvalue weighted by Gasteiger charge is -2.32. The molecule has 1 aliphatic rings. The van der Waals surface area contributed by atoms with E-state index in [9.17, 15) is 14.4 Å². The number of aromatic nitrogens is 2. The van der Waals surface area contributed by atoms with Gasteiger partial charge < -0.3 is 40.2 Å². The molecule has 1 aromatic heterocycles. The van der Waals surface area contributed by atoms with Crippen LogP contribution in [0.2, 0.25) is 0 Å². The number of methoxy groups -OCH3 is 1. The number of para-hydroxylation sites is 1. The van der Waals surface area contributed by atoms with Gasteiger partial charge in [-0.25, -0.2) is 4.98 Å². The Morgan fingerprint density at radius 3 is 2.60 bits per heavy atom. The van der Waals surface area contributed by atoms with Gasteiger partial charge in [-0.15, -0.1) is 0 Å². The summed E-state index contributed by atoms with van der Waals surface area (Å²) in [5.41, 5.74) is 10.8. The van der Waals surface area contributed by atoms with Crippen molar-refractivity contribution in [2.24, 2.45) is 5.73 Å². The lowest BCUT2D eigenvalue weighted by atomic mass is 9.98. The summed E-state index contributed by atoms with van der Waals surface area (Å²) in [5.74, 6) is 1.34. The minimum absolute atomic E-state index is 0.183. The van der Waals surface area contributed by atoms with Gasteiger partial charge in [0.15, 0.2) is 5.75 Å². The van der Waals surface area contributed by atoms with Crippen LogP contribution in [0.1, 0.15) is 41.0 Å². The Balaban J connectivity index is 1.34. The van der Waals surface area contributed by atoms with Gasteiger partial charge in [0.25, 0.3) is 5.91 Å². The number of benzene rings is 3. The summed E-state index contributed by atoms with van der Waals surface area (Å²) >= 11 is 0. The van der Waals surface area contributed by atoms with Crippen LogP contribution in [0.15, 0.2) is 48.5 Å². The van der Waals surface area contributed by atoms with Crippen molar-refractivity contribution < 1.29 is 23.9 Å². The van der Waals surface area contributed by atoms with Crippen LogP contribution < -0.4 is 25.4 Å². The quantitative estimate of drug-likeness (QED) is 0.146. The number of nitrogens with two attached hydrogens (primary N) is 1. The maximum absolute atomic E-state index is 14.1. The van der Waals surface area contributed by atoms with Crippen molar-refractivity contribution in [3.05, 3.63) is 65.5 Å². The second-order valence-corrected chi connectivity index (χ2v) is 11.7. The molecule has 5 rings (SSSR count). The van der Waals surface area contributed by atoms with Crippen LogP contribution in [0.4, 0.5) is 11.4 Å². The zero-order chi connectivity index (χ0) is 33.5. The Hall–Kier alpha value is -4.94. The molecule has 3 amide bonds. The average Bonchev–Trinajstić information content (AvgIpc) is 3.52. The number of imidazole rings is 1. The molecule has 3 aromatic carbocycles. The van der Waals surface area contributed by atoms with Crippen molar-refractivity contribution in [3.8, 4) is 22.6 Å². The molecule has 0 radical (unpaired) electrons. The van der Waals surface area contributed by atoms with Crippen LogP contribution >= 0.6 is 0 Å². The largest absolute Gasteiger partial charge is 0.494 e. The number of likely N-dealkylation sites (N-methyl/N-ethyl adjacent to an activating group) is 1. The van der Waals surface area contributed by atoms with Crippen LogP contribution in [0.5, 0.6) is 11.5 Å². The molecule has 0 spiro atoms. The molecule has 1 aliphatic heterocycles. The Labute approximate surface area is 274 Å². The van der Waals surface area contributed by atoms with Crippen LogP contribution in [-0.4, -0.2) is 92.0 Å². The van der Waals surface area contributed by atoms with Gasteiger partial charge in [0.2, 0.25) is 12.3 Å². The highest BCUT2D eigenvalue weighted by molar-refractivity contribution is 6.13. The van der Waals surface area contributed by atoms with Gasteiger partial charge in [-0.3, -0.25) is 14.4 Å². The summed E-state index contributed by atoms with van der Waals surface area (Å²) in [6.45, 7) is 5.96. The first-order valence-electron chi connectivity index (χ1n) is 15.8. The minimum Gasteiger partial charge on any atom is -0.494 e. The molecule has 2 heterocycles. The van der Waals surface area contributed by atoms with Crippen LogP contribution in [0, 0.1) is 6.92 Å². The summed E-state index contributed by atoms with van der Waals surface area (Å²) in [4.78, 5) is 52.0. The van der Waals surface area contributed by atoms with Crippen molar-refractivity contribution in [1.29, 1.82) is 0 Å². The summed E-state index contributed by atoms with van der Waals surface area (Å²) in [6.07, 6.45) is 2.42. The number of nitrogens with one attached hydrogen (secondary N) is 2. The van der Waals surface area contributed by atoms with Crippen LogP contribution in [0.3, 0.4) is 0 Å². The fourth-order valence-electron chi connectivity index (χ4n) is 5.86. The minimum atomic E-state index is -0.367. The first kappa shape index (κ1) is 33.4. The molecule has 1 saturated heterocycles. The second-order valence-electron chi connectivity index (χ2n) is 11.7. The number of unbranched alkanes of at least 4 members (excludes halogenated alkanes) is 1. The Bertz CT molecular complexity index is 1750. The van der Waals surface area contributed by atoms with Gasteiger partial charge in [-0.2, -0.15) is 0 Å². The molecule has 4 N–H and O–H groups in total. The van der Waals surface area contributed by atoms with Crippen molar-refractivity contribution in [1.82, 2.24) is 19.8 Å². The zero-order valence-electron chi connectivity index (χ0n) is 27.5. The molecule has 0 unspecified atom stereocenters. The molecule has 0 bridgehead atoms. The van der Waals surface area contributed by atoms with Crippen molar-refractivity contribution in [3.63, 3.8) is 0 Å². The molecule has 47 heavy (non-hydrogen) atoms. The Morgan fingerprint density at radius 1 is 1.09 bits per heavy atom. The average molecular weight is 642 g/mol. The fourth-order valence-corrected chi connectivity index (χ4v) is 5.86. The van der Waals surface area contributed by atoms with Crippen molar-refractivity contribution in [2.45, 2.75) is 32.7 Å². The van der Waals surface area contributed by atoms with E-state index < -0.39 is 0 Å². The van der Waals surface area contributed by atoms with Crippen molar-refractivity contribution >= 4 is 40.6 Å². The van der Waals surface area contributed by atoms with Crippen LogP contribution in [0.25, 0.3) is 22.2 Å². The number of hydrogen-bond donors (Lipinski definition) is 3. The number of aryl methyl sites for hydroxylation is 1. The van der Waals surface area contributed by atoms with Crippen LogP contribution in [-0.2, 0) is 16.1 Å². The van der Waals surface area contributed by atoms with Gasteiger partial charge in [0.05, 0.1) is 48.2 Å². The van der Waals surface area contributed by atoms with E-state index in [0.29, 0.717) is 66.4 Å². The summed E-state index contributed by atoms with van der Waals surface area (Å²) in [5, 5.41) is 2.70. The molecule has 12 nitrogen and oxygen atoms in total. The molecule has 0 aliphatic carbocycles. The lowest BCUT2D eigenvalue weighted by Crippen LogP contribution is -2.47. The molecular weight excluding hydrogens is 598 g/mol. The highest BCUT2D eigenvalue weighted by Gasteiger charge is 2.26. The summed E-state index contributed by atoms with van der Waals surface area (Å²) in [7, 11) is 5.23. The summed E-state index contributed by atoms with van der Waals surface area (Å²) < 4.78 is 12.0. The van der Waals surface area contributed by atoms with E-state index in [-0.39, 0.29) is 29.6 Å². The predicted molar refractivity (Wildman–Crippen MR) is 183 cm³/mol. The molecule has 0 saturated carbocycles. The van der Waals surface area contributed by atoms with E-state index in [0.717, 1.165) is 42.8 Å². The molecule has 4 aromatic rings. The first-order chi connectivity index (χ1) is 22.7. The van der Waals surface area contributed by atoms with E-state index in [4.69, 9.17) is 15.2 Å². The van der Waals surface area contributed by atoms with Gasteiger partial charge in [-0.05, 0) is 62.7 Å². The predicted octanol–water partition coefficient (Wildman–Crippen LogP) is 4.17. The Morgan fingerprint density at radius 2 is 1.87 bits per heavy atom. The topological polar surface area (TPSA) is 146 Å². The molecule has 1 fully saturated rings. The van der Waals surface area contributed by atoms with Gasteiger partial charge in [0.1, 0.15) is 11.6 Å². The normalized spacial score (nSPS) is 13.4. The van der Waals surface area contributed by atoms with E-state index >= 15 is 0 Å². The molecule has 248 valence electrons. The number of carbonyl (C=O) groups excluding carboxylic acids is 3. The SMILES string of the molecule is COc1c(-c2cccc3[nH]c(CN)nc23)ccc(C(=O)N(C)c2ccc(C)cc2OCCCCC(=O)N2CCN(C)CC2)c1NC=O. The number of aromatic amines is 1. The number of H-pyrrole nitrogens is 1. The van der Waals surface area contributed by atoms with E-state index in [1.165, 1.54) is 12.0 Å². The van der Waals surface area contributed by atoms with E-state index in [2.05, 4.69) is 27.2 Å². The number of fused-ring (bicyclic) bond motifs is 1. The maximum atomic E-state index is 14.1. The molecule has 12 heteroatoms. The first-order valence-corrected chi connectivity index (χ1v) is 15.8. The number of amides is 3. The second kappa shape index (κ2) is 15.1. The number of ether oxygens (including phenoxy) is 2. The zero-order valence-corrected chi connectivity index (χ0v) is 27.5. The summed E-state index contributed by atoms with van der Waals surface area (Å²) in [6, 6.07) is 14.8. The van der Waals surface area contributed by atoms with Gasteiger partial charge in [0, 0.05) is 50.8 Å². The maximum Gasteiger partial charge on any atom is 0.260 e. The van der Waals surface area contributed by atoms with Crippen molar-refractivity contribution in [2.75, 3.05) is 64.2 Å². The number of carbonyl (C=O) groups is 3. The highest BCUT2D eigenvalue weighted by atomic mass is 16.5. The molecular formula is C35H43N7O5. The van der Waals surface area contributed by atoms with Gasteiger partial charge in [-0.1, -0.05) is 18.2 Å². The van der Waals surface area contributed by atoms with E-state index in [1.807, 2.05) is 48.2 Å². The number of nitrogens with zero attached hydrogens (tertiary/aromatic N) is 4. The van der Waals surface area contributed by atoms with Gasteiger partial charge >= 0.3 is 0 Å². The smallest absolute Gasteiger partial charge is 0.260 e. The number of rotatable bonds is 13. The third kappa shape index (κ3) is 7.39. The number of anilines is 2. The Kier molecular flexibility index (Phi) is 10.7. The standard InChI is InChI=1S/C35H43N7O5/c1-23-11-14-28(29(20-23)47-19-6-5-10-31(44)42-17-15-40(2)16-18-42)41(3)35(45)26-13-12-25(34(46-4)33(26)37-22-43)24-8-7-9-27-32(24)39-30(21-36)38-27/h7-9,11-14,20,22H,5-6,10,15-19,21,36H2,1-4H3,(H,37,43)(H,38,39). The monoisotopic (exact) mass is 641 g/mol. The highest BCUT2D eigenvalue weighted by Crippen LogP contribution is 2.42. The lowest BCUT2D eigenvalue weighted by molar-refractivity contribution is -0.132. The fraction of sp³-hybridized carbons (Fsp3) is 0.371. The third-order valence-corrected chi connectivity index (χ3v) is 8.52. The van der Waals surface area contributed by atoms with E-state index in [1.54, 1.807) is 19.2 Å².